The molecule has 0 aliphatic carbocycles. The van der Waals surface area contributed by atoms with Crippen LogP contribution in [0.5, 0.6) is 0 Å². The third-order valence-corrected chi connectivity index (χ3v) is 3.39. The van der Waals surface area contributed by atoms with E-state index in [0.29, 0.717) is 13.0 Å². The Morgan fingerprint density at radius 2 is 2.06 bits per heavy atom. The second-order valence-electron chi connectivity index (χ2n) is 4.46. The van der Waals surface area contributed by atoms with Crippen molar-refractivity contribution in [2.24, 2.45) is 5.92 Å². The molecule has 2 unspecified atom stereocenters. The molecule has 1 aliphatic rings. The van der Waals surface area contributed by atoms with Gasteiger partial charge in [0.2, 0.25) is 0 Å². The van der Waals surface area contributed by atoms with Gasteiger partial charge < -0.3 is 19.6 Å². The summed E-state index contributed by atoms with van der Waals surface area (Å²) in [4.78, 5) is 23.0. The van der Waals surface area contributed by atoms with Gasteiger partial charge in [-0.15, -0.1) is 0 Å². The monoisotopic (exact) mass is 250 g/mol. The molecule has 0 spiro atoms. The molecule has 0 radical (unpaired) electrons. The second kappa shape index (κ2) is 5.16. The highest BCUT2D eigenvalue weighted by Crippen LogP contribution is 2.31. The van der Waals surface area contributed by atoms with Crippen molar-refractivity contribution in [3.8, 4) is 0 Å². The van der Waals surface area contributed by atoms with Crippen LogP contribution >= 0.6 is 0 Å². The van der Waals surface area contributed by atoms with Gasteiger partial charge in [0.25, 0.3) is 0 Å². The minimum absolute atomic E-state index is 0.0568. The first kappa shape index (κ1) is 12.5. The van der Waals surface area contributed by atoms with Crippen molar-refractivity contribution >= 4 is 12.4 Å². The van der Waals surface area contributed by atoms with Crippen LogP contribution in [0.25, 0.3) is 0 Å². The molecule has 0 N–H and O–H groups in total. The zero-order chi connectivity index (χ0) is 13.1. The number of amides is 1. The van der Waals surface area contributed by atoms with E-state index in [0.717, 1.165) is 16.7 Å². The number of piperidine rings is 1. The predicted octanol–water partition coefficient (Wildman–Crippen LogP) is 0.773. The third kappa shape index (κ3) is 2.50. The van der Waals surface area contributed by atoms with Gasteiger partial charge in [-0.1, -0.05) is 12.1 Å². The lowest BCUT2D eigenvalue weighted by atomic mass is 9.81. The molecule has 0 bridgehead atoms. The number of carboxylic acid groups (broad SMARTS) is 1. The molecule has 2 atom stereocenters. The molecule has 0 saturated carbocycles. The summed E-state index contributed by atoms with van der Waals surface area (Å²) >= 11 is 0. The van der Waals surface area contributed by atoms with E-state index >= 15 is 0 Å². The first-order valence-corrected chi connectivity index (χ1v) is 5.78. The number of aldehydes is 1. The molecule has 1 fully saturated rings. The van der Waals surface area contributed by atoms with Crippen molar-refractivity contribution in [1.82, 2.24) is 4.90 Å². The smallest absolute Gasteiger partial charge is 0.136 e. The predicted molar refractivity (Wildman–Crippen MR) is 60.3 cm³/mol. The summed E-state index contributed by atoms with van der Waals surface area (Å²) in [5.74, 6) is -0.783. The summed E-state index contributed by atoms with van der Waals surface area (Å²) in [6.45, 7) is 0.489. The standard InChI is InChI=1S/C13H14FNO3/c14-11-3-1-9(2-4-11)12-5-6-15(13(17)18)7-10(12)8-16/h1-4,8,10,12H,5-7H2,(H,17,18)/p-1. The number of carbonyl (C=O) groups is 2. The maximum Gasteiger partial charge on any atom is 0.136 e. The van der Waals surface area contributed by atoms with Crippen molar-refractivity contribution in [1.29, 1.82) is 0 Å². The molecule has 1 aromatic rings. The van der Waals surface area contributed by atoms with Gasteiger partial charge in [-0.25, -0.2) is 4.39 Å². The van der Waals surface area contributed by atoms with Crippen molar-refractivity contribution in [3.05, 3.63) is 35.6 Å². The quantitative estimate of drug-likeness (QED) is 0.728. The first-order valence-electron chi connectivity index (χ1n) is 5.78. The molecule has 1 aliphatic heterocycles. The lowest BCUT2D eigenvalue weighted by molar-refractivity contribution is -0.267. The maximum absolute atomic E-state index is 12.8. The van der Waals surface area contributed by atoms with Crippen molar-refractivity contribution in [2.75, 3.05) is 13.1 Å². The topological polar surface area (TPSA) is 60.4 Å². The molecule has 4 nitrogen and oxygen atoms in total. The largest absolute Gasteiger partial charge is 0.530 e. The van der Waals surface area contributed by atoms with Crippen LogP contribution in [0.4, 0.5) is 9.18 Å². The summed E-state index contributed by atoms with van der Waals surface area (Å²) in [6.07, 6.45) is 0.0611. The number of halogens is 1. The summed E-state index contributed by atoms with van der Waals surface area (Å²) in [5, 5.41) is 10.8. The van der Waals surface area contributed by atoms with Crippen LogP contribution in [0.15, 0.2) is 24.3 Å². The second-order valence-corrected chi connectivity index (χ2v) is 4.46. The fraction of sp³-hybridized carbons (Fsp3) is 0.385. The maximum atomic E-state index is 12.8. The van der Waals surface area contributed by atoms with Gasteiger partial charge in [-0.3, -0.25) is 0 Å². The molecule has 0 aromatic heterocycles. The van der Waals surface area contributed by atoms with E-state index in [1.807, 2.05) is 0 Å². The zero-order valence-corrected chi connectivity index (χ0v) is 9.71. The number of nitrogens with zero attached hydrogens (tertiary/aromatic N) is 1. The van der Waals surface area contributed by atoms with Crippen molar-refractivity contribution < 1.29 is 19.1 Å². The van der Waals surface area contributed by atoms with Crippen molar-refractivity contribution in [2.45, 2.75) is 12.3 Å². The lowest BCUT2D eigenvalue weighted by Crippen LogP contribution is -2.48. The fourth-order valence-corrected chi connectivity index (χ4v) is 2.41. The minimum atomic E-state index is -1.25. The summed E-state index contributed by atoms with van der Waals surface area (Å²) < 4.78 is 12.8. The van der Waals surface area contributed by atoms with Gasteiger partial charge in [-0.2, -0.15) is 0 Å². The Kier molecular flexibility index (Phi) is 3.60. The van der Waals surface area contributed by atoms with Crippen LogP contribution in [0, 0.1) is 11.7 Å². The van der Waals surface area contributed by atoms with Gasteiger partial charge in [0.05, 0.1) is 0 Å². The number of benzene rings is 1. The highest BCUT2D eigenvalue weighted by atomic mass is 19.1. The zero-order valence-electron chi connectivity index (χ0n) is 9.71. The highest BCUT2D eigenvalue weighted by molar-refractivity contribution is 5.65. The molecule has 1 saturated heterocycles. The number of hydrogen-bond donors (Lipinski definition) is 0. The van der Waals surface area contributed by atoms with Crippen LogP contribution in [0.1, 0.15) is 17.9 Å². The molecule has 5 heteroatoms. The van der Waals surface area contributed by atoms with E-state index in [1.54, 1.807) is 12.1 Å². The molecule has 96 valence electrons. The van der Waals surface area contributed by atoms with Crippen molar-refractivity contribution in [3.63, 3.8) is 0 Å². The Morgan fingerprint density at radius 1 is 1.39 bits per heavy atom. The number of carbonyl (C=O) groups excluding carboxylic acids is 2. The molecular formula is C13H13FNO3-. The molecule has 1 heterocycles. The van der Waals surface area contributed by atoms with Gasteiger partial charge >= 0.3 is 0 Å². The van der Waals surface area contributed by atoms with Gasteiger partial charge in [0.1, 0.15) is 18.2 Å². The van der Waals surface area contributed by atoms with Crippen LogP contribution in [-0.4, -0.2) is 30.4 Å². The Bertz CT molecular complexity index is 446. The van der Waals surface area contributed by atoms with E-state index in [-0.39, 0.29) is 18.3 Å². The van der Waals surface area contributed by atoms with Crippen LogP contribution in [-0.2, 0) is 4.79 Å². The average molecular weight is 250 g/mol. The first-order chi connectivity index (χ1) is 8.61. The van der Waals surface area contributed by atoms with E-state index in [1.165, 1.54) is 12.1 Å². The normalized spacial score (nSPS) is 23.7. The molecule has 1 amide bonds. The molecule has 1 aromatic carbocycles. The number of rotatable bonds is 2. The Balaban J connectivity index is 2.16. The third-order valence-electron chi connectivity index (χ3n) is 3.39. The van der Waals surface area contributed by atoms with E-state index in [2.05, 4.69) is 0 Å². The fourth-order valence-electron chi connectivity index (χ4n) is 2.41. The number of likely N-dealkylation sites (tertiary alicyclic amines) is 1. The van der Waals surface area contributed by atoms with E-state index in [9.17, 15) is 19.1 Å². The Morgan fingerprint density at radius 3 is 2.61 bits per heavy atom. The van der Waals surface area contributed by atoms with Gasteiger partial charge in [0, 0.05) is 19.0 Å². The lowest BCUT2D eigenvalue weighted by Gasteiger charge is -2.37. The SMILES string of the molecule is O=CC1CN(C(=O)[O-])CCC1c1ccc(F)cc1. The van der Waals surface area contributed by atoms with Gasteiger partial charge in [-0.05, 0) is 30.0 Å². The van der Waals surface area contributed by atoms with Crippen LogP contribution in [0.3, 0.4) is 0 Å². The van der Waals surface area contributed by atoms with Crippen LogP contribution < -0.4 is 5.11 Å². The molecular weight excluding hydrogens is 237 g/mol. The molecule has 2 rings (SSSR count). The summed E-state index contributed by atoms with van der Waals surface area (Å²) in [5.41, 5.74) is 0.867. The Labute approximate surface area is 104 Å². The van der Waals surface area contributed by atoms with E-state index < -0.39 is 12.0 Å². The highest BCUT2D eigenvalue weighted by Gasteiger charge is 2.30. The van der Waals surface area contributed by atoms with E-state index in [4.69, 9.17) is 0 Å². The average Bonchev–Trinajstić information content (AvgIpc) is 2.39. The minimum Gasteiger partial charge on any atom is -0.530 e. The Hall–Kier alpha value is -1.91. The molecule has 18 heavy (non-hydrogen) atoms. The van der Waals surface area contributed by atoms with Crippen LogP contribution in [0.2, 0.25) is 0 Å². The number of hydrogen-bond acceptors (Lipinski definition) is 3. The summed E-state index contributed by atoms with van der Waals surface area (Å²) in [6, 6.07) is 5.99. The van der Waals surface area contributed by atoms with Gasteiger partial charge in [0.15, 0.2) is 0 Å². The summed E-state index contributed by atoms with van der Waals surface area (Å²) in [7, 11) is 0.